The first-order valence-corrected chi connectivity index (χ1v) is 11.2. The minimum atomic E-state index is -0.140. The maximum Gasteiger partial charge on any atom is 0.194 e. The molecular formula is C23H39FIN5. The summed E-state index contributed by atoms with van der Waals surface area (Å²) in [6.07, 6.45) is 5.34. The molecule has 5 nitrogen and oxygen atoms in total. The lowest BCUT2D eigenvalue weighted by Gasteiger charge is -2.29. The van der Waals surface area contributed by atoms with Crippen LogP contribution < -0.4 is 5.32 Å². The van der Waals surface area contributed by atoms with Crippen molar-refractivity contribution in [3.05, 3.63) is 35.1 Å². The fourth-order valence-corrected chi connectivity index (χ4v) is 4.46. The van der Waals surface area contributed by atoms with Gasteiger partial charge in [-0.1, -0.05) is 12.5 Å². The molecule has 0 amide bonds. The summed E-state index contributed by atoms with van der Waals surface area (Å²) < 4.78 is 14.0. The molecule has 0 saturated carbocycles. The molecular weight excluding hydrogens is 492 g/mol. The second kappa shape index (κ2) is 12.8. The Morgan fingerprint density at radius 1 is 1.20 bits per heavy atom. The van der Waals surface area contributed by atoms with Crippen LogP contribution in [0.1, 0.15) is 43.7 Å². The number of hydrogen-bond acceptors (Lipinski definition) is 3. The summed E-state index contributed by atoms with van der Waals surface area (Å²) in [5.41, 5.74) is 1.79. The molecule has 1 unspecified atom stereocenters. The summed E-state index contributed by atoms with van der Waals surface area (Å²) in [6.45, 7) is 10.1. The molecule has 2 saturated heterocycles. The fraction of sp³-hybridized carbons (Fsp3) is 0.696. The number of aliphatic imine (C=N–C) groups is 1. The van der Waals surface area contributed by atoms with Gasteiger partial charge in [0.05, 0.1) is 6.54 Å². The first-order valence-electron chi connectivity index (χ1n) is 11.2. The van der Waals surface area contributed by atoms with Crippen molar-refractivity contribution >= 4 is 29.9 Å². The van der Waals surface area contributed by atoms with Crippen molar-refractivity contribution < 1.29 is 4.39 Å². The molecule has 1 atom stereocenters. The van der Waals surface area contributed by atoms with E-state index in [0.717, 1.165) is 42.6 Å². The van der Waals surface area contributed by atoms with Crippen molar-refractivity contribution in [2.75, 3.05) is 53.4 Å². The second-order valence-electron chi connectivity index (χ2n) is 8.80. The summed E-state index contributed by atoms with van der Waals surface area (Å²) >= 11 is 0. The highest BCUT2D eigenvalue weighted by Gasteiger charge is 2.27. The summed E-state index contributed by atoms with van der Waals surface area (Å²) in [5, 5.41) is 3.46. The molecule has 170 valence electrons. The Balaban J connectivity index is 0.00000320. The zero-order chi connectivity index (χ0) is 20.6. The number of halogens is 2. The van der Waals surface area contributed by atoms with Gasteiger partial charge in [0.2, 0.25) is 0 Å². The van der Waals surface area contributed by atoms with Crippen LogP contribution in [0.25, 0.3) is 0 Å². The van der Waals surface area contributed by atoms with Gasteiger partial charge in [0, 0.05) is 38.3 Å². The molecule has 30 heavy (non-hydrogen) atoms. The minimum absolute atomic E-state index is 0. The molecule has 2 aliphatic rings. The van der Waals surface area contributed by atoms with Gasteiger partial charge in [-0.2, -0.15) is 0 Å². The molecule has 2 aliphatic heterocycles. The topological polar surface area (TPSA) is 34.1 Å². The number of guanidine groups is 1. The smallest absolute Gasteiger partial charge is 0.194 e. The second-order valence-corrected chi connectivity index (χ2v) is 8.80. The standard InChI is InChI=1S/C23H38FN5.HI/c1-4-25-23(26-15-19-8-9-22(24)21(14-19)18-27(2)3)29-13-10-20(17-29)16-28-11-6-5-7-12-28;/h8-9,14,20H,4-7,10-13,15-18H2,1-3H3,(H,25,26);1H. The van der Waals surface area contributed by atoms with Gasteiger partial charge in [-0.25, -0.2) is 9.38 Å². The Morgan fingerprint density at radius 2 is 1.97 bits per heavy atom. The highest BCUT2D eigenvalue weighted by Crippen LogP contribution is 2.20. The van der Waals surface area contributed by atoms with Gasteiger partial charge in [-0.05, 0) is 77.0 Å². The molecule has 2 heterocycles. The summed E-state index contributed by atoms with van der Waals surface area (Å²) in [4.78, 5) is 11.9. The average molecular weight is 532 g/mol. The predicted molar refractivity (Wildman–Crippen MR) is 134 cm³/mol. The SMILES string of the molecule is CCNC(=NCc1ccc(F)c(CN(C)C)c1)N1CCC(CN2CCCCC2)C1.I. The lowest BCUT2D eigenvalue weighted by Crippen LogP contribution is -2.41. The number of rotatable bonds is 7. The Hall–Kier alpha value is -0.930. The number of nitrogens with one attached hydrogen (secondary N) is 1. The Labute approximate surface area is 199 Å². The van der Waals surface area contributed by atoms with Gasteiger partial charge in [0.1, 0.15) is 5.82 Å². The Bertz CT molecular complexity index is 676. The van der Waals surface area contributed by atoms with E-state index in [4.69, 9.17) is 4.99 Å². The maximum absolute atomic E-state index is 14.0. The van der Waals surface area contributed by atoms with E-state index in [1.165, 1.54) is 45.3 Å². The van der Waals surface area contributed by atoms with Gasteiger partial charge >= 0.3 is 0 Å². The predicted octanol–water partition coefficient (Wildman–Crippen LogP) is 3.78. The molecule has 1 aromatic rings. The summed E-state index contributed by atoms with van der Waals surface area (Å²) in [6, 6.07) is 5.37. The van der Waals surface area contributed by atoms with Crippen molar-refractivity contribution in [2.24, 2.45) is 10.9 Å². The number of hydrogen-bond donors (Lipinski definition) is 1. The lowest BCUT2D eigenvalue weighted by atomic mass is 10.1. The van der Waals surface area contributed by atoms with Crippen LogP contribution in [-0.2, 0) is 13.1 Å². The first-order chi connectivity index (χ1) is 14.0. The average Bonchev–Trinajstić information content (AvgIpc) is 3.16. The van der Waals surface area contributed by atoms with Crippen molar-refractivity contribution in [3.63, 3.8) is 0 Å². The van der Waals surface area contributed by atoms with Crippen LogP contribution in [0.4, 0.5) is 4.39 Å². The van der Waals surface area contributed by atoms with E-state index in [9.17, 15) is 4.39 Å². The van der Waals surface area contributed by atoms with E-state index in [0.29, 0.717) is 13.1 Å². The van der Waals surface area contributed by atoms with Crippen LogP contribution in [0.5, 0.6) is 0 Å². The number of nitrogens with zero attached hydrogens (tertiary/aromatic N) is 4. The number of likely N-dealkylation sites (tertiary alicyclic amines) is 2. The molecule has 3 rings (SSSR count). The zero-order valence-electron chi connectivity index (χ0n) is 18.9. The van der Waals surface area contributed by atoms with E-state index < -0.39 is 0 Å². The van der Waals surface area contributed by atoms with E-state index >= 15 is 0 Å². The van der Waals surface area contributed by atoms with Crippen LogP contribution in [-0.4, -0.2) is 74.0 Å². The molecule has 0 spiro atoms. The Morgan fingerprint density at radius 3 is 2.67 bits per heavy atom. The number of benzene rings is 1. The highest BCUT2D eigenvalue weighted by molar-refractivity contribution is 14.0. The van der Waals surface area contributed by atoms with Crippen molar-refractivity contribution in [2.45, 2.75) is 45.7 Å². The molecule has 0 aliphatic carbocycles. The fourth-order valence-electron chi connectivity index (χ4n) is 4.46. The molecule has 1 N–H and O–H groups in total. The molecule has 7 heteroatoms. The largest absolute Gasteiger partial charge is 0.357 e. The van der Waals surface area contributed by atoms with Crippen LogP contribution in [0.3, 0.4) is 0 Å². The van der Waals surface area contributed by atoms with Gasteiger partial charge < -0.3 is 20.0 Å². The van der Waals surface area contributed by atoms with Crippen molar-refractivity contribution in [1.82, 2.24) is 20.0 Å². The van der Waals surface area contributed by atoms with E-state index in [1.807, 2.05) is 31.1 Å². The van der Waals surface area contributed by atoms with Gasteiger partial charge in [-0.15, -0.1) is 24.0 Å². The molecule has 0 bridgehead atoms. The molecule has 1 aromatic carbocycles. The van der Waals surface area contributed by atoms with Gasteiger partial charge in [-0.3, -0.25) is 0 Å². The summed E-state index contributed by atoms with van der Waals surface area (Å²) in [7, 11) is 3.92. The third-order valence-corrected chi connectivity index (χ3v) is 5.89. The Kier molecular flexibility index (Phi) is 10.8. The summed E-state index contributed by atoms with van der Waals surface area (Å²) in [5.74, 6) is 1.58. The third kappa shape index (κ3) is 7.64. The minimum Gasteiger partial charge on any atom is -0.357 e. The van der Waals surface area contributed by atoms with Gasteiger partial charge in [0.15, 0.2) is 5.96 Å². The van der Waals surface area contributed by atoms with Crippen LogP contribution in [0.15, 0.2) is 23.2 Å². The number of piperidine rings is 1. The third-order valence-electron chi connectivity index (χ3n) is 5.89. The lowest BCUT2D eigenvalue weighted by molar-refractivity contribution is 0.198. The normalized spacial score (nSPS) is 20.5. The maximum atomic E-state index is 14.0. The van der Waals surface area contributed by atoms with E-state index in [1.54, 1.807) is 6.07 Å². The highest BCUT2D eigenvalue weighted by atomic mass is 127. The van der Waals surface area contributed by atoms with Crippen LogP contribution in [0, 0.1) is 11.7 Å². The molecule has 2 fully saturated rings. The zero-order valence-corrected chi connectivity index (χ0v) is 21.2. The van der Waals surface area contributed by atoms with Crippen molar-refractivity contribution in [1.29, 1.82) is 0 Å². The van der Waals surface area contributed by atoms with E-state index in [-0.39, 0.29) is 29.8 Å². The van der Waals surface area contributed by atoms with E-state index in [2.05, 4.69) is 22.0 Å². The quantitative estimate of drug-likeness (QED) is 0.330. The van der Waals surface area contributed by atoms with Gasteiger partial charge in [0.25, 0.3) is 0 Å². The molecule has 0 radical (unpaired) electrons. The molecule has 0 aromatic heterocycles. The van der Waals surface area contributed by atoms with Crippen LogP contribution in [0.2, 0.25) is 0 Å². The monoisotopic (exact) mass is 531 g/mol. The van der Waals surface area contributed by atoms with Crippen molar-refractivity contribution in [3.8, 4) is 0 Å². The van der Waals surface area contributed by atoms with Crippen LogP contribution >= 0.6 is 24.0 Å². The first kappa shape index (κ1) is 25.3.